The molecule has 0 N–H and O–H groups in total. The van der Waals surface area contributed by atoms with Gasteiger partial charge < -0.3 is 14.5 Å². The zero-order valence-corrected chi connectivity index (χ0v) is 15.5. The molecule has 3 aliphatic rings. The van der Waals surface area contributed by atoms with E-state index in [2.05, 4.69) is 22.2 Å². The van der Waals surface area contributed by atoms with Crippen LogP contribution in [0.3, 0.4) is 0 Å². The van der Waals surface area contributed by atoms with Crippen molar-refractivity contribution >= 4 is 23.7 Å². The van der Waals surface area contributed by atoms with Gasteiger partial charge in [0.25, 0.3) is 5.91 Å². The molecule has 1 amide bonds. The second-order valence-corrected chi connectivity index (χ2v) is 6.83. The Morgan fingerprint density at radius 3 is 2.50 bits per heavy atom. The molecule has 0 bridgehead atoms. The number of nitrogens with zero attached hydrogens (tertiary/aromatic N) is 3. The van der Waals surface area contributed by atoms with Gasteiger partial charge in [0, 0.05) is 25.3 Å². The fourth-order valence-electron chi connectivity index (χ4n) is 4.04. The predicted octanol–water partition coefficient (Wildman–Crippen LogP) is 2.91. The Balaban J connectivity index is 1.67. The average Bonchev–Trinajstić information content (AvgIpc) is 2.95. The molecule has 0 unspecified atom stereocenters. The minimum Gasteiger partial charge on any atom is -0.418 e. The molecule has 6 nitrogen and oxygen atoms in total. The van der Waals surface area contributed by atoms with Gasteiger partial charge in [-0.1, -0.05) is 0 Å². The molecule has 1 fully saturated rings. The van der Waals surface area contributed by atoms with Crippen LogP contribution in [0.25, 0.3) is 6.08 Å². The molecule has 1 saturated heterocycles. The number of benzene rings is 1. The van der Waals surface area contributed by atoms with Crippen LogP contribution in [0.2, 0.25) is 0 Å². The molecule has 0 aromatic heterocycles. The van der Waals surface area contributed by atoms with Crippen molar-refractivity contribution in [2.24, 2.45) is 5.16 Å². The van der Waals surface area contributed by atoms with Crippen molar-refractivity contribution in [3.8, 4) is 0 Å². The van der Waals surface area contributed by atoms with Gasteiger partial charge >= 0.3 is 6.02 Å². The first kappa shape index (κ1) is 16.9. The fraction of sp³-hybridized carbons (Fsp3) is 0.500. The Kier molecular flexibility index (Phi) is 4.57. The number of amides is 1. The summed E-state index contributed by atoms with van der Waals surface area (Å²) < 4.78 is 5.69. The smallest absolute Gasteiger partial charge is 0.339 e. The maximum atomic E-state index is 12.6. The lowest BCUT2D eigenvalue weighted by molar-refractivity contribution is -0.122. The van der Waals surface area contributed by atoms with E-state index in [0.29, 0.717) is 18.9 Å². The molecule has 4 rings (SSSR count). The van der Waals surface area contributed by atoms with Crippen molar-refractivity contribution in [2.45, 2.75) is 39.5 Å². The minimum atomic E-state index is -0.168. The second kappa shape index (κ2) is 7.02. The lowest BCUT2D eigenvalue weighted by Crippen LogP contribution is -2.34. The zero-order valence-electron chi connectivity index (χ0n) is 15.5. The van der Waals surface area contributed by atoms with Crippen molar-refractivity contribution in [1.29, 1.82) is 0 Å². The summed E-state index contributed by atoms with van der Waals surface area (Å²) in [6.45, 7) is 6.98. The Morgan fingerprint density at radius 1 is 1.19 bits per heavy atom. The van der Waals surface area contributed by atoms with Gasteiger partial charge in [0.2, 0.25) is 0 Å². The van der Waals surface area contributed by atoms with Crippen molar-refractivity contribution in [1.82, 2.24) is 4.90 Å². The van der Waals surface area contributed by atoms with Gasteiger partial charge in [-0.05, 0) is 79.6 Å². The molecular weight excluding hydrogens is 330 g/mol. The van der Waals surface area contributed by atoms with Crippen molar-refractivity contribution in [3.05, 3.63) is 34.6 Å². The molecule has 1 aromatic carbocycles. The summed E-state index contributed by atoms with van der Waals surface area (Å²) in [7, 11) is 0. The number of carbonyl (C=O) groups is 1. The predicted molar refractivity (Wildman–Crippen MR) is 101 cm³/mol. The van der Waals surface area contributed by atoms with E-state index in [-0.39, 0.29) is 11.9 Å². The number of hydrogen-bond acceptors (Lipinski definition) is 5. The van der Waals surface area contributed by atoms with Crippen LogP contribution in [0.4, 0.5) is 5.69 Å². The third-order valence-electron chi connectivity index (χ3n) is 5.13. The van der Waals surface area contributed by atoms with E-state index in [9.17, 15) is 4.79 Å². The van der Waals surface area contributed by atoms with Crippen LogP contribution in [-0.4, -0.2) is 43.1 Å². The first-order chi connectivity index (χ1) is 12.7. The fourth-order valence-corrected chi connectivity index (χ4v) is 4.04. The number of oxime groups is 1. The molecule has 6 heteroatoms. The van der Waals surface area contributed by atoms with Gasteiger partial charge in [-0.25, -0.2) is 0 Å². The van der Waals surface area contributed by atoms with Gasteiger partial charge in [-0.2, -0.15) is 0 Å². The van der Waals surface area contributed by atoms with E-state index in [1.807, 2.05) is 19.9 Å². The van der Waals surface area contributed by atoms with E-state index in [1.165, 1.54) is 34.6 Å². The number of anilines is 1. The molecule has 0 radical (unpaired) electrons. The number of amidine groups is 1. The maximum Gasteiger partial charge on any atom is 0.339 e. The molecule has 26 heavy (non-hydrogen) atoms. The summed E-state index contributed by atoms with van der Waals surface area (Å²) in [5, 5.41) is 3.91. The number of ether oxygens (including phenoxy) is 1. The average molecular weight is 355 g/mol. The standard InChI is InChI=1S/C20H25N3O3/c1-3-23-19(24)17(26-20(23)21-25-4-2)13-14-11-15-7-5-9-22-10-6-8-16(12-14)18(15)22/h11-13H,3-10H2,1-2H3/b17-13+,21-20+. The highest BCUT2D eigenvalue weighted by Crippen LogP contribution is 2.36. The van der Waals surface area contributed by atoms with Crippen LogP contribution in [0.5, 0.6) is 0 Å². The zero-order chi connectivity index (χ0) is 18.1. The van der Waals surface area contributed by atoms with Crippen LogP contribution in [-0.2, 0) is 27.2 Å². The largest absolute Gasteiger partial charge is 0.418 e. The number of aryl methyl sites for hydroxylation is 2. The molecule has 138 valence electrons. The summed E-state index contributed by atoms with van der Waals surface area (Å²) in [6, 6.07) is 4.62. The van der Waals surface area contributed by atoms with Crippen LogP contribution in [0.15, 0.2) is 23.0 Å². The van der Waals surface area contributed by atoms with E-state index < -0.39 is 0 Å². The molecule has 3 aliphatic heterocycles. The lowest BCUT2D eigenvalue weighted by atomic mass is 9.90. The summed E-state index contributed by atoms with van der Waals surface area (Å²) in [6.07, 6.45) is 6.42. The summed E-state index contributed by atoms with van der Waals surface area (Å²) in [5.41, 5.74) is 5.24. The van der Waals surface area contributed by atoms with Gasteiger partial charge in [-0.15, -0.1) is 0 Å². The van der Waals surface area contributed by atoms with Crippen molar-refractivity contribution < 1.29 is 14.4 Å². The SMILES string of the molecule is CCO/N=C1/O/C(=C/c2cc3c4c(c2)CCCN4CCC3)C(=O)N1CC. The topological polar surface area (TPSA) is 54.4 Å². The van der Waals surface area contributed by atoms with Crippen LogP contribution < -0.4 is 4.90 Å². The number of carbonyl (C=O) groups excluding carboxylic acids is 1. The quantitative estimate of drug-likeness (QED) is 0.616. The number of likely N-dealkylation sites (N-methyl/N-ethyl adjacent to an activating group) is 1. The molecule has 0 spiro atoms. The molecular formula is C20H25N3O3. The van der Waals surface area contributed by atoms with Gasteiger partial charge in [0.05, 0.1) is 0 Å². The lowest BCUT2D eigenvalue weighted by Gasteiger charge is -2.37. The number of hydrogen-bond donors (Lipinski definition) is 0. The molecule has 3 heterocycles. The summed E-state index contributed by atoms with van der Waals surface area (Å²) in [5.74, 6) is 0.139. The minimum absolute atomic E-state index is 0.168. The van der Waals surface area contributed by atoms with Crippen LogP contribution in [0.1, 0.15) is 43.4 Å². The Morgan fingerprint density at radius 2 is 1.88 bits per heavy atom. The van der Waals surface area contributed by atoms with Crippen molar-refractivity contribution in [3.63, 3.8) is 0 Å². The van der Waals surface area contributed by atoms with E-state index >= 15 is 0 Å². The van der Waals surface area contributed by atoms with Crippen LogP contribution >= 0.6 is 0 Å². The number of rotatable bonds is 4. The summed E-state index contributed by atoms with van der Waals surface area (Å²) >= 11 is 0. The second-order valence-electron chi connectivity index (χ2n) is 6.83. The van der Waals surface area contributed by atoms with E-state index in [4.69, 9.17) is 9.57 Å². The van der Waals surface area contributed by atoms with Gasteiger partial charge in [0.1, 0.15) is 6.61 Å². The van der Waals surface area contributed by atoms with E-state index in [0.717, 1.165) is 31.5 Å². The van der Waals surface area contributed by atoms with Gasteiger partial charge in [-0.3, -0.25) is 9.69 Å². The highest BCUT2D eigenvalue weighted by molar-refractivity contribution is 6.11. The molecule has 0 aliphatic carbocycles. The Hall–Kier alpha value is -2.50. The molecule has 1 aromatic rings. The monoisotopic (exact) mass is 355 g/mol. The molecule has 0 atom stereocenters. The van der Waals surface area contributed by atoms with Gasteiger partial charge in [0.15, 0.2) is 5.76 Å². The first-order valence-corrected chi connectivity index (χ1v) is 9.53. The highest BCUT2D eigenvalue weighted by atomic mass is 16.7. The van der Waals surface area contributed by atoms with E-state index in [1.54, 1.807) is 0 Å². The summed E-state index contributed by atoms with van der Waals surface area (Å²) in [4.78, 5) is 21.7. The third kappa shape index (κ3) is 2.93. The maximum absolute atomic E-state index is 12.6. The molecule has 0 saturated carbocycles. The Labute approximate surface area is 154 Å². The first-order valence-electron chi connectivity index (χ1n) is 9.53. The van der Waals surface area contributed by atoms with Crippen LogP contribution in [0, 0.1) is 0 Å². The highest BCUT2D eigenvalue weighted by Gasteiger charge is 2.34. The van der Waals surface area contributed by atoms with Crippen molar-refractivity contribution in [2.75, 3.05) is 31.1 Å². The normalized spacial score (nSPS) is 22.0. The third-order valence-corrected chi connectivity index (χ3v) is 5.13. The Bertz CT molecular complexity index is 754.